The van der Waals surface area contributed by atoms with E-state index in [1.54, 1.807) is 38.2 Å². The minimum Gasteiger partial charge on any atom is -0.280 e. The minimum absolute atomic E-state index is 0.245. The van der Waals surface area contributed by atoms with Gasteiger partial charge in [0.05, 0.1) is 0 Å². The second-order valence-corrected chi connectivity index (χ2v) is 4.54. The van der Waals surface area contributed by atoms with E-state index in [-0.39, 0.29) is 6.42 Å². The average molecular weight is 274 g/mol. The third-order valence-corrected chi connectivity index (χ3v) is 3.80. The van der Waals surface area contributed by atoms with Crippen molar-refractivity contribution in [3.8, 4) is 0 Å². The van der Waals surface area contributed by atoms with Crippen LogP contribution in [0.5, 0.6) is 0 Å². The summed E-state index contributed by atoms with van der Waals surface area (Å²) in [5, 5.41) is -1.48. The van der Waals surface area contributed by atoms with E-state index in [2.05, 4.69) is 4.98 Å². The lowest BCUT2D eigenvalue weighted by Crippen LogP contribution is -2.39. The van der Waals surface area contributed by atoms with E-state index in [1.807, 2.05) is 0 Å². The Kier molecular flexibility index (Phi) is 4.66. The zero-order chi connectivity index (χ0) is 13.1. The molecule has 92 valence electrons. The van der Waals surface area contributed by atoms with Crippen LogP contribution in [0, 0.1) is 5.41 Å². The standard InChI is InChI=1S/C12H13Cl2NO2/c1-3-12(10(13)16,11(14)17)8(2)9-6-4-5-7-15-9/h4-8H,3H2,1-2H3. The van der Waals surface area contributed by atoms with E-state index < -0.39 is 21.8 Å². The maximum Gasteiger partial charge on any atom is 0.237 e. The van der Waals surface area contributed by atoms with Crippen LogP contribution in [-0.4, -0.2) is 15.5 Å². The topological polar surface area (TPSA) is 47.0 Å². The lowest BCUT2D eigenvalue weighted by atomic mass is 9.74. The van der Waals surface area contributed by atoms with Gasteiger partial charge >= 0.3 is 0 Å². The molecular formula is C12H13Cl2NO2. The fourth-order valence-electron chi connectivity index (χ4n) is 1.89. The third kappa shape index (κ3) is 2.50. The van der Waals surface area contributed by atoms with E-state index in [9.17, 15) is 9.59 Å². The van der Waals surface area contributed by atoms with Gasteiger partial charge in [-0.05, 0) is 41.8 Å². The van der Waals surface area contributed by atoms with Crippen LogP contribution < -0.4 is 0 Å². The molecular weight excluding hydrogens is 261 g/mol. The molecule has 1 rings (SSSR count). The predicted molar refractivity (Wildman–Crippen MR) is 67.1 cm³/mol. The monoisotopic (exact) mass is 273 g/mol. The molecule has 17 heavy (non-hydrogen) atoms. The van der Waals surface area contributed by atoms with Gasteiger partial charge in [-0.1, -0.05) is 19.9 Å². The summed E-state index contributed by atoms with van der Waals surface area (Å²) in [7, 11) is 0. The summed E-state index contributed by atoms with van der Waals surface area (Å²) < 4.78 is 0. The van der Waals surface area contributed by atoms with Crippen LogP contribution in [0.15, 0.2) is 24.4 Å². The highest BCUT2D eigenvalue weighted by Gasteiger charge is 2.48. The van der Waals surface area contributed by atoms with Gasteiger partial charge in [0.2, 0.25) is 10.5 Å². The molecule has 1 aromatic rings. The first-order valence-electron chi connectivity index (χ1n) is 5.27. The molecule has 0 aliphatic rings. The highest BCUT2D eigenvalue weighted by molar-refractivity contribution is 6.74. The van der Waals surface area contributed by atoms with Gasteiger partial charge in [0, 0.05) is 17.8 Å². The summed E-state index contributed by atoms with van der Waals surface area (Å²) in [6.45, 7) is 3.44. The number of hydrogen-bond acceptors (Lipinski definition) is 3. The van der Waals surface area contributed by atoms with Gasteiger partial charge in [0.15, 0.2) is 0 Å². The normalized spacial score (nSPS) is 13.2. The first-order valence-corrected chi connectivity index (χ1v) is 6.03. The van der Waals surface area contributed by atoms with Gasteiger partial charge in [-0.2, -0.15) is 0 Å². The lowest BCUT2D eigenvalue weighted by molar-refractivity contribution is -0.133. The zero-order valence-electron chi connectivity index (χ0n) is 9.61. The van der Waals surface area contributed by atoms with E-state index in [4.69, 9.17) is 23.2 Å². The van der Waals surface area contributed by atoms with Gasteiger partial charge in [-0.25, -0.2) is 0 Å². The summed E-state index contributed by atoms with van der Waals surface area (Å²) in [4.78, 5) is 27.3. The lowest BCUT2D eigenvalue weighted by Gasteiger charge is -2.30. The fraction of sp³-hybridized carbons (Fsp3) is 0.417. The summed E-state index contributed by atoms with van der Waals surface area (Å²) in [6.07, 6.45) is 1.85. The molecule has 0 bridgehead atoms. The number of aromatic nitrogens is 1. The summed E-state index contributed by atoms with van der Waals surface area (Å²) in [6, 6.07) is 5.29. The number of hydrogen-bond donors (Lipinski definition) is 0. The van der Waals surface area contributed by atoms with Crippen molar-refractivity contribution in [3.63, 3.8) is 0 Å². The Balaban J connectivity index is 3.25. The summed E-state index contributed by atoms with van der Waals surface area (Å²) >= 11 is 11.1. The van der Waals surface area contributed by atoms with Gasteiger partial charge < -0.3 is 0 Å². The molecule has 0 saturated heterocycles. The molecule has 0 N–H and O–H groups in total. The molecule has 5 heteroatoms. The fourth-order valence-corrected chi connectivity index (χ4v) is 2.70. The van der Waals surface area contributed by atoms with Crippen molar-refractivity contribution in [2.75, 3.05) is 0 Å². The Morgan fingerprint density at radius 3 is 2.29 bits per heavy atom. The first kappa shape index (κ1) is 14.1. The molecule has 0 spiro atoms. The molecule has 0 aliphatic heterocycles. The number of rotatable bonds is 5. The predicted octanol–water partition coefficient (Wildman–Crippen LogP) is 3.11. The van der Waals surface area contributed by atoms with Gasteiger partial charge in [0.1, 0.15) is 5.41 Å². The van der Waals surface area contributed by atoms with Crippen LogP contribution in [0.1, 0.15) is 31.9 Å². The van der Waals surface area contributed by atoms with Crippen LogP contribution in [0.3, 0.4) is 0 Å². The summed E-state index contributed by atoms with van der Waals surface area (Å²) in [5.74, 6) is -0.455. The van der Waals surface area contributed by atoms with Crippen LogP contribution in [0.4, 0.5) is 0 Å². The molecule has 0 aliphatic carbocycles. The van der Waals surface area contributed by atoms with Crippen LogP contribution in [0.25, 0.3) is 0 Å². The molecule has 1 atom stereocenters. The molecule has 0 radical (unpaired) electrons. The zero-order valence-corrected chi connectivity index (χ0v) is 11.1. The van der Waals surface area contributed by atoms with Crippen molar-refractivity contribution in [1.29, 1.82) is 0 Å². The molecule has 3 nitrogen and oxygen atoms in total. The Labute approximate surface area is 110 Å². The van der Waals surface area contributed by atoms with Gasteiger partial charge in [-0.15, -0.1) is 0 Å². The molecule has 0 saturated carbocycles. The van der Waals surface area contributed by atoms with Gasteiger partial charge in [0.25, 0.3) is 0 Å². The SMILES string of the molecule is CCC(C(=O)Cl)(C(=O)Cl)C(C)c1ccccn1. The average Bonchev–Trinajstić information content (AvgIpc) is 2.30. The van der Waals surface area contributed by atoms with Crippen molar-refractivity contribution in [1.82, 2.24) is 4.98 Å². The number of nitrogens with zero attached hydrogens (tertiary/aromatic N) is 1. The Bertz CT molecular complexity index is 406. The molecule has 1 aromatic heterocycles. The van der Waals surface area contributed by atoms with E-state index in [0.29, 0.717) is 5.69 Å². The number of carbonyl (C=O) groups is 2. The highest BCUT2D eigenvalue weighted by Crippen LogP contribution is 2.42. The maximum absolute atomic E-state index is 11.6. The number of halogens is 2. The van der Waals surface area contributed by atoms with Crippen molar-refractivity contribution < 1.29 is 9.59 Å². The van der Waals surface area contributed by atoms with Crippen LogP contribution >= 0.6 is 23.2 Å². The maximum atomic E-state index is 11.6. The second-order valence-electron chi connectivity index (χ2n) is 3.85. The summed E-state index contributed by atoms with van der Waals surface area (Å²) in [5.41, 5.74) is -0.783. The van der Waals surface area contributed by atoms with Crippen molar-refractivity contribution in [2.45, 2.75) is 26.2 Å². The number of carbonyl (C=O) groups excluding carboxylic acids is 2. The third-order valence-electron chi connectivity index (χ3n) is 3.13. The Hall–Kier alpha value is -0.930. The highest BCUT2D eigenvalue weighted by atomic mass is 35.5. The van der Waals surface area contributed by atoms with Crippen LogP contribution in [-0.2, 0) is 9.59 Å². The van der Waals surface area contributed by atoms with E-state index in [1.165, 1.54) is 0 Å². The molecule has 0 fully saturated rings. The first-order chi connectivity index (χ1) is 7.96. The van der Waals surface area contributed by atoms with Crippen LogP contribution in [0.2, 0.25) is 0 Å². The minimum atomic E-state index is -1.41. The largest absolute Gasteiger partial charge is 0.280 e. The Morgan fingerprint density at radius 2 is 1.94 bits per heavy atom. The van der Waals surface area contributed by atoms with E-state index >= 15 is 0 Å². The van der Waals surface area contributed by atoms with E-state index in [0.717, 1.165) is 0 Å². The second kappa shape index (κ2) is 5.61. The van der Waals surface area contributed by atoms with Crippen molar-refractivity contribution in [3.05, 3.63) is 30.1 Å². The molecule has 1 heterocycles. The van der Waals surface area contributed by atoms with Crippen molar-refractivity contribution >= 4 is 33.7 Å². The quantitative estimate of drug-likeness (QED) is 0.612. The van der Waals surface area contributed by atoms with Gasteiger partial charge in [-0.3, -0.25) is 14.6 Å². The number of pyridine rings is 1. The molecule has 0 amide bonds. The van der Waals surface area contributed by atoms with Crippen molar-refractivity contribution in [2.24, 2.45) is 5.41 Å². The molecule has 1 unspecified atom stereocenters. The Morgan fingerprint density at radius 1 is 1.35 bits per heavy atom. The molecule has 0 aromatic carbocycles. The smallest absolute Gasteiger partial charge is 0.237 e.